The Balaban J connectivity index is 2.17. The molecule has 0 spiro atoms. The molecule has 6 nitrogen and oxygen atoms in total. The highest BCUT2D eigenvalue weighted by atomic mass is 35.5. The molecule has 0 unspecified atom stereocenters. The number of carbonyl (C=O) groups excluding carboxylic acids is 1. The van der Waals surface area contributed by atoms with Gasteiger partial charge in [-0.1, -0.05) is 17.7 Å². The number of nitrogens with one attached hydrogen (secondary N) is 2. The summed E-state index contributed by atoms with van der Waals surface area (Å²) in [5.74, 6) is -1.07. The molecule has 0 saturated heterocycles. The molecule has 1 amide bonds. The monoisotopic (exact) mass is 386 g/mol. The van der Waals surface area contributed by atoms with Crippen molar-refractivity contribution in [2.75, 3.05) is 12.4 Å². The van der Waals surface area contributed by atoms with Crippen molar-refractivity contribution in [3.05, 3.63) is 53.3 Å². The molecule has 0 bridgehead atoms. The van der Waals surface area contributed by atoms with Gasteiger partial charge in [0.15, 0.2) is 0 Å². The van der Waals surface area contributed by atoms with E-state index in [9.17, 15) is 17.6 Å². The molecule has 0 aliphatic heterocycles. The molecule has 2 N–H and O–H groups in total. The largest absolute Gasteiger partial charge is 0.495 e. The number of ether oxygens (including phenoxy) is 1. The molecule has 134 valence electrons. The Hall–Kier alpha value is -2.16. The van der Waals surface area contributed by atoms with Crippen molar-refractivity contribution in [2.24, 2.45) is 0 Å². The van der Waals surface area contributed by atoms with Crippen molar-refractivity contribution in [1.29, 1.82) is 0 Å². The van der Waals surface area contributed by atoms with E-state index in [0.29, 0.717) is 0 Å². The van der Waals surface area contributed by atoms with E-state index >= 15 is 0 Å². The predicted molar refractivity (Wildman–Crippen MR) is 92.8 cm³/mol. The smallest absolute Gasteiger partial charge is 0.245 e. The van der Waals surface area contributed by atoms with Gasteiger partial charge in [0.05, 0.1) is 13.2 Å². The van der Waals surface area contributed by atoms with Gasteiger partial charge in [-0.05, 0) is 43.3 Å². The average Bonchev–Trinajstić information content (AvgIpc) is 2.54. The fraction of sp³-hybridized carbons (Fsp3) is 0.188. The minimum Gasteiger partial charge on any atom is -0.495 e. The van der Waals surface area contributed by atoms with Crippen molar-refractivity contribution < 1.29 is 22.3 Å². The van der Waals surface area contributed by atoms with E-state index in [0.717, 1.165) is 6.07 Å². The van der Waals surface area contributed by atoms with Crippen LogP contribution in [0.25, 0.3) is 0 Å². The molecule has 1 atom stereocenters. The van der Waals surface area contributed by atoms with Crippen LogP contribution in [-0.2, 0) is 14.8 Å². The van der Waals surface area contributed by atoms with Crippen molar-refractivity contribution in [1.82, 2.24) is 4.72 Å². The Morgan fingerprint density at radius 1 is 1.24 bits per heavy atom. The molecular weight excluding hydrogens is 371 g/mol. The second-order valence-corrected chi connectivity index (χ2v) is 7.26. The lowest BCUT2D eigenvalue weighted by Crippen LogP contribution is -2.41. The standard InChI is InChI=1S/C16H16ClFN2O4S/c1-10(16(21)19-13-5-3-4-12(18)9-13)20-25(22,23)15-8-11(17)6-7-14(15)24-2/h3-10,20H,1-2H3,(H,19,21)/t10-/m1/s1. The SMILES string of the molecule is COc1ccc(Cl)cc1S(=O)(=O)N[C@H](C)C(=O)Nc1cccc(F)c1. The highest BCUT2D eigenvalue weighted by Crippen LogP contribution is 2.27. The summed E-state index contributed by atoms with van der Waals surface area (Å²) in [6, 6.07) is 8.27. The van der Waals surface area contributed by atoms with Crippen molar-refractivity contribution >= 4 is 33.2 Å². The van der Waals surface area contributed by atoms with Crippen LogP contribution in [0.5, 0.6) is 5.75 Å². The van der Waals surface area contributed by atoms with Crippen LogP contribution in [0.4, 0.5) is 10.1 Å². The molecule has 2 aromatic carbocycles. The van der Waals surface area contributed by atoms with E-state index < -0.39 is 27.8 Å². The Bertz CT molecular complexity index is 889. The van der Waals surface area contributed by atoms with Gasteiger partial charge in [-0.25, -0.2) is 12.8 Å². The van der Waals surface area contributed by atoms with Crippen molar-refractivity contribution in [3.63, 3.8) is 0 Å². The first-order valence-electron chi connectivity index (χ1n) is 7.15. The van der Waals surface area contributed by atoms with Gasteiger partial charge in [-0.15, -0.1) is 0 Å². The first kappa shape index (κ1) is 19.2. The third-order valence-corrected chi connectivity index (χ3v) is 5.03. The molecule has 0 aliphatic carbocycles. The fourth-order valence-corrected chi connectivity index (χ4v) is 3.66. The van der Waals surface area contributed by atoms with Gasteiger partial charge in [0, 0.05) is 10.7 Å². The van der Waals surface area contributed by atoms with Crippen LogP contribution in [0.2, 0.25) is 5.02 Å². The van der Waals surface area contributed by atoms with Crippen LogP contribution < -0.4 is 14.8 Å². The number of sulfonamides is 1. The number of hydrogen-bond donors (Lipinski definition) is 2. The van der Waals surface area contributed by atoms with Gasteiger partial charge in [0.2, 0.25) is 15.9 Å². The Labute approximate surface area is 150 Å². The number of anilines is 1. The molecule has 9 heteroatoms. The normalized spacial score (nSPS) is 12.5. The average molecular weight is 387 g/mol. The van der Waals surface area contributed by atoms with E-state index in [1.54, 1.807) is 0 Å². The first-order chi connectivity index (χ1) is 11.7. The second kappa shape index (κ2) is 7.81. The minimum atomic E-state index is -4.06. The van der Waals surface area contributed by atoms with E-state index in [2.05, 4.69) is 10.0 Å². The summed E-state index contributed by atoms with van der Waals surface area (Å²) in [4.78, 5) is 11.9. The molecule has 0 saturated carbocycles. The third-order valence-electron chi connectivity index (χ3n) is 3.23. The highest BCUT2D eigenvalue weighted by Gasteiger charge is 2.25. The molecule has 0 heterocycles. The van der Waals surface area contributed by atoms with Gasteiger partial charge in [-0.2, -0.15) is 4.72 Å². The molecule has 0 aromatic heterocycles. The topological polar surface area (TPSA) is 84.5 Å². The van der Waals surface area contributed by atoms with E-state index in [-0.39, 0.29) is 21.4 Å². The van der Waals surface area contributed by atoms with Crippen molar-refractivity contribution in [3.8, 4) is 5.75 Å². The summed E-state index contributed by atoms with van der Waals surface area (Å²) in [5, 5.41) is 2.64. The quantitative estimate of drug-likeness (QED) is 0.799. The lowest BCUT2D eigenvalue weighted by molar-refractivity contribution is -0.117. The third kappa shape index (κ3) is 4.91. The van der Waals surface area contributed by atoms with Gasteiger partial charge in [-0.3, -0.25) is 4.79 Å². The molecule has 25 heavy (non-hydrogen) atoms. The van der Waals surface area contributed by atoms with Gasteiger partial charge in [0.1, 0.15) is 16.5 Å². The van der Waals surface area contributed by atoms with Crippen LogP contribution in [0, 0.1) is 5.82 Å². The fourth-order valence-electron chi connectivity index (χ4n) is 2.03. The number of halogens is 2. The van der Waals surface area contributed by atoms with Gasteiger partial charge < -0.3 is 10.1 Å². The Morgan fingerprint density at radius 3 is 2.60 bits per heavy atom. The van der Waals surface area contributed by atoms with Crippen LogP contribution in [0.3, 0.4) is 0 Å². The maximum atomic E-state index is 13.1. The lowest BCUT2D eigenvalue weighted by atomic mass is 10.3. The molecule has 0 aliphatic rings. The highest BCUT2D eigenvalue weighted by molar-refractivity contribution is 7.89. The minimum absolute atomic E-state index is 0.0923. The number of methoxy groups -OCH3 is 1. The summed E-state index contributed by atoms with van der Waals surface area (Å²) in [6.45, 7) is 1.36. The number of amides is 1. The van der Waals surface area contributed by atoms with Gasteiger partial charge >= 0.3 is 0 Å². The van der Waals surface area contributed by atoms with E-state index in [1.165, 1.54) is 50.4 Å². The zero-order chi connectivity index (χ0) is 18.6. The van der Waals surface area contributed by atoms with Crippen LogP contribution >= 0.6 is 11.6 Å². The summed E-state index contributed by atoms with van der Waals surface area (Å²) in [6.07, 6.45) is 0. The second-order valence-electron chi connectivity index (χ2n) is 5.14. The summed E-state index contributed by atoms with van der Waals surface area (Å²) in [5.41, 5.74) is 0.219. The lowest BCUT2D eigenvalue weighted by Gasteiger charge is -2.16. The molecule has 2 rings (SSSR count). The summed E-state index contributed by atoms with van der Waals surface area (Å²) >= 11 is 5.84. The number of rotatable bonds is 6. The zero-order valence-corrected chi connectivity index (χ0v) is 15.0. The number of hydrogen-bond acceptors (Lipinski definition) is 4. The molecule has 2 aromatic rings. The van der Waals surface area contributed by atoms with E-state index in [4.69, 9.17) is 16.3 Å². The first-order valence-corrected chi connectivity index (χ1v) is 9.01. The molecular formula is C16H16ClFN2O4S. The predicted octanol–water partition coefficient (Wildman–Crippen LogP) is 2.79. The maximum absolute atomic E-state index is 13.1. The van der Waals surface area contributed by atoms with Gasteiger partial charge in [0.25, 0.3) is 0 Å². The maximum Gasteiger partial charge on any atom is 0.245 e. The molecule has 0 radical (unpaired) electrons. The van der Waals surface area contributed by atoms with Crippen LogP contribution in [0.1, 0.15) is 6.92 Å². The molecule has 0 fully saturated rings. The van der Waals surface area contributed by atoms with Crippen LogP contribution in [-0.4, -0.2) is 27.5 Å². The summed E-state index contributed by atoms with van der Waals surface area (Å²) in [7, 11) is -2.74. The summed E-state index contributed by atoms with van der Waals surface area (Å²) < 4.78 is 45.4. The van der Waals surface area contributed by atoms with Crippen molar-refractivity contribution in [2.45, 2.75) is 17.9 Å². The van der Waals surface area contributed by atoms with Crippen LogP contribution in [0.15, 0.2) is 47.4 Å². The number of carbonyl (C=O) groups is 1. The Kier molecular flexibility index (Phi) is 5.99. The Morgan fingerprint density at radius 2 is 1.96 bits per heavy atom. The van der Waals surface area contributed by atoms with E-state index in [1.807, 2.05) is 0 Å². The zero-order valence-electron chi connectivity index (χ0n) is 13.4. The number of benzene rings is 2.